The topological polar surface area (TPSA) is 6.48 Å². The molecule has 0 fully saturated rings. The summed E-state index contributed by atoms with van der Waals surface area (Å²) in [6.45, 7) is 0. The first-order chi connectivity index (χ1) is 29.7. The maximum absolute atomic E-state index is 2.38. The number of benzene rings is 8. The number of nitrogens with zero attached hydrogens (tertiary/aromatic N) is 2. The summed E-state index contributed by atoms with van der Waals surface area (Å²) in [5, 5.41) is 2.33. The summed E-state index contributed by atoms with van der Waals surface area (Å²) < 4.78 is 0. The number of rotatable bonds is 11. The van der Waals surface area contributed by atoms with E-state index in [1.54, 1.807) is 0 Å². The van der Waals surface area contributed by atoms with Crippen molar-refractivity contribution in [3.05, 3.63) is 243 Å². The van der Waals surface area contributed by atoms with Gasteiger partial charge in [-0.25, -0.2) is 0 Å². The van der Waals surface area contributed by atoms with Crippen molar-refractivity contribution >= 4 is 55.4 Å². The fourth-order valence-electron chi connectivity index (χ4n) is 7.71. The number of hydrogen-bond donors (Lipinski definition) is 0. The van der Waals surface area contributed by atoms with Gasteiger partial charge >= 0.3 is 0 Å². The van der Waals surface area contributed by atoms with Crippen molar-refractivity contribution in [3.8, 4) is 54.3 Å². The van der Waals surface area contributed by atoms with E-state index in [1.165, 1.54) is 59.3 Å². The quantitative estimate of drug-likeness (QED) is 0.128. The van der Waals surface area contributed by atoms with Crippen molar-refractivity contribution in [2.45, 2.75) is 0 Å². The van der Waals surface area contributed by atoms with Crippen LogP contribution in [0.3, 0.4) is 0 Å². The van der Waals surface area contributed by atoms with E-state index in [1.807, 2.05) is 22.7 Å². The van der Waals surface area contributed by atoms with Gasteiger partial charge in [0.2, 0.25) is 0 Å². The van der Waals surface area contributed by atoms with Crippen LogP contribution in [0, 0.1) is 0 Å². The summed E-state index contributed by atoms with van der Waals surface area (Å²) in [6, 6.07) is 87.1. The van der Waals surface area contributed by atoms with E-state index in [4.69, 9.17) is 0 Å². The van der Waals surface area contributed by atoms with Gasteiger partial charge in [0.25, 0.3) is 0 Å². The van der Waals surface area contributed by atoms with Crippen LogP contribution in [0.2, 0.25) is 0 Å². The lowest BCUT2D eigenvalue weighted by molar-refractivity contribution is 1.31. The molecule has 0 aliphatic heterocycles. The second-order valence-corrected chi connectivity index (χ2v) is 16.7. The predicted octanol–water partition coefficient (Wildman–Crippen LogP) is 17.1. The molecule has 8 aromatic carbocycles. The maximum Gasteiger partial charge on any atom is 0.101 e. The molecule has 60 heavy (non-hydrogen) atoms. The molecule has 0 radical (unpaired) electrons. The second kappa shape index (κ2) is 16.9. The van der Waals surface area contributed by atoms with Gasteiger partial charge in [0, 0.05) is 32.5 Å². The molecule has 10 aromatic rings. The summed E-state index contributed by atoms with van der Waals surface area (Å²) in [7, 11) is 0. The zero-order valence-electron chi connectivity index (χ0n) is 32.8. The largest absolute Gasteiger partial charge is 0.302 e. The predicted molar refractivity (Wildman–Crippen MR) is 259 cm³/mol. The van der Waals surface area contributed by atoms with Crippen LogP contribution in [-0.2, 0) is 0 Å². The summed E-state index contributed by atoms with van der Waals surface area (Å²) in [5.74, 6) is 0. The molecular formula is C56H40N2S2. The average Bonchev–Trinajstić information content (AvgIpc) is 4.03. The maximum atomic E-state index is 2.38. The third kappa shape index (κ3) is 7.82. The Balaban J connectivity index is 0.978. The zero-order valence-corrected chi connectivity index (χ0v) is 34.4. The minimum absolute atomic E-state index is 1.11. The minimum atomic E-state index is 1.11. The van der Waals surface area contributed by atoms with Crippen LogP contribution in [0.25, 0.3) is 54.3 Å². The van der Waals surface area contributed by atoms with E-state index in [9.17, 15) is 0 Å². The van der Waals surface area contributed by atoms with E-state index in [0.717, 1.165) is 27.8 Å². The Bertz CT molecular complexity index is 2940. The van der Waals surface area contributed by atoms with Crippen molar-refractivity contribution in [1.29, 1.82) is 0 Å². The Morgan fingerprint density at radius 1 is 0.217 bits per heavy atom. The van der Waals surface area contributed by atoms with Crippen molar-refractivity contribution < 1.29 is 0 Å². The number of thiophene rings is 2. The Labute approximate surface area is 360 Å². The summed E-state index contributed by atoms with van der Waals surface area (Å²) in [4.78, 5) is 7.23. The molecule has 0 aliphatic rings. The van der Waals surface area contributed by atoms with E-state index in [-0.39, 0.29) is 0 Å². The molecule has 0 unspecified atom stereocenters. The Morgan fingerprint density at radius 3 is 0.933 bits per heavy atom. The van der Waals surface area contributed by atoms with E-state index < -0.39 is 0 Å². The fraction of sp³-hybridized carbons (Fsp3) is 0. The molecule has 0 aliphatic carbocycles. The third-order valence-corrected chi connectivity index (χ3v) is 13.0. The lowest BCUT2D eigenvalue weighted by atomic mass is 10.0. The number of hydrogen-bond acceptors (Lipinski definition) is 4. The van der Waals surface area contributed by atoms with Gasteiger partial charge in [-0.2, -0.15) is 0 Å². The fourth-order valence-corrected chi connectivity index (χ4v) is 9.82. The minimum Gasteiger partial charge on any atom is -0.302 e. The van der Waals surface area contributed by atoms with Crippen LogP contribution in [0.15, 0.2) is 243 Å². The van der Waals surface area contributed by atoms with Gasteiger partial charge in [-0.15, -0.1) is 22.7 Å². The zero-order chi connectivity index (χ0) is 40.1. The highest BCUT2D eigenvalue weighted by atomic mass is 32.1. The van der Waals surface area contributed by atoms with Gasteiger partial charge in [0.05, 0.1) is 0 Å². The standard InChI is InChI=1S/C56H40N2S2/c1-5-14-41(15-6-1)43-24-30-49(31-25-43)57(55-38-36-53(59-55)46-18-9-3-10-19-46)50-32-26-44(27-33-50)45-28-34-51(35-29-45)58(56-39-37-54(60-56)47-20-11-4-12-21-47)52-23-13-22-48(40-52)42-16-7-2-8-17-42/h1-40H. The normalized spacial score (nSPS) is 11.0. The molecule has 0 atom stereocenters. The molecule has 2 heterocycles. The highest BCUT2D eigenvalue weighted by molar-refractivity contribution is 7.19. The van der Waals surface area contributed by atoms with Crippen LogP contribution in [0.1, 0.15) is 0 Å². The SMILES string of the molecule is c1ccc(-c2ccc(N(c3ccc(-c4ccc(N(c5cccc(-c6ccccc6)c5)c5ccc(-c6ccccc6)s5)cc4)cc3)c3ccc(-c4ccccc4)s3)cc2)cc1. The number of anilines is 6. The smallest absolute Gasteiger partial charge is 0.101 e. The Kier molecular flexibility index (Phi) is 10.5. The molecule has 0 N–H and O–H groups in total. The van der Waals surface area contributed by atoms with E-state index >= 15 is 0 Å². The van der Waals surface area contributed by atoms with Crippen LogP contribution >= 0.6 is 22.7 Å². The van der Waals surface area contributed by atoms with Crippen LogP contribution in [-0.4, -0.2) is 0 Å². The lowest BCUT2D eigenvalue weighted by Crippen LogP contribution is -2.08. The molecule has 4 heteroatoms. The summed E-state index contributed by atoms with van der Waals surface area (Å²) in [6.07, 6.45) is 0. The molecule has 0 saturated heterocycles. The van der Waals surface area contributed by atoms with Crippen LogP contribution in [0.4, 0.5) is 32.8 Å². The first kappa shape index (κ1) is 37.1. The van der Waals surface area contributed by atoms with Crippen molar-refractivity contribution in [2.24, 2.45) is 0 Å². The highest BCUT2D eigenvalue weighted by Crippen LogP contribution is 2.45. The van der Waals surface area contributed by atoms with Gasteiger partial charge in [0.15, 0.2) is 0 Å². The second-order valence-electron chi connectivity index (χ2n) is 14.6. The van der Waals surface area contributed by atoms with E-state index in [0.29, 0.717) is 0 Å². The van der Waals surface area contributed by atoms with Crippen molar-refractivity contribution in [2.75, 3.05) is 9.80 Å². The molecule has 0 amide bonds. The van der Waals surface area contributed by atoms with Crippen molar-refractivity contribution in [3.63, 3.8) is 0 Å². The van der Waals surface area contributed by atoms with Gasteiger partial charge in [-0.3, -0.25) is 0 Å². The van der Waals surface area contributed by atoms with Crippen molar-refractivity contribution in [1.82, 2.24) is 0 Å². The first-order valence-electron chi connectivity index (χ1n) is 20.2. The van der Waals surface area contributed by atoms with Gasteiger partial charge in [0.1, 0.15) is 10.0 Å². The molecule has 286 valence electrons. The van der Waals surface area contributed by atoms with Gasteiger partial charge < -0.3 is 9.80 Å². The third-order valence-electron chi connectivity index (χ3n) is 10.8. The van der Waals surface area contributed by atoms with Crippen LogP contribution < -0.4 is 9.80 Å². The van der Waals surface area contributed by atoms with E-state index in [2.05, 4.69) is 252 Å². The molecule has 0 bridgehead atoms. The van der Waals surface area contributed by atoms with Crippen LogP contribution in [0.5, 0.6) is 0 Å². The monoisotopic (exact) mass is 804 g/mol. The molecule has 2 aromatic heterocycles. The Morgan fingerprint density at radius 2 is 0.533 bits per heavy atom. The first-order valence-corrected chi connectivity index (χ1v) is 21.8. The Hall–Kier alpha value is -7.24. The highest BCUT2D eigenvalue weighted by Gasteiger charge is 2.19. The molecular weight excluding hydrogens is 765 g/mol. The molecule has 0 saturated carbocycles. The summed E-state index contributed by atoms with van der Waals surface area (Å²) >= 11 is 3.62. The summed E-state index contributed by atoms with van der Waals surface area (Å²) in [5.41, 5.74) is 14.1. The molecule has 10 rings (SSSR count). The van der Waals surface area contributed by atoms with Gasteiger partial charge in [-0.1, -0.05) is 170 Å². The van der Waals surface area contributed by atoms with Gasteiger partial charge in [-0.05, 0) is 117 Å². The molecule has 0 spiro atoms. The lowest BCUT2D eigenvalue weighted by Gasteiger charge is -2.25. The molecule has 2 nitrogen and oxygen atoms in total. The average molecular weight is 805 g/mol.